The smallest absolute Gasteiger partial charge is 0.203 e. The number of H-pyrrole nitrogens is 1. The van der Waals surface area contributed by atoms with Crippen LogP contribution in [0.5, 0.6) is 0 Å². The number of aromatic nitrogens is 2. The molecule has 1 aromatic carbocycles. The monoisotopic (exact) mass is 261 g/mol. The first kappa shape index (κ1) is 11.2. The number of nitrogens with zero attached hydrogens (tertiary/aromatic N) is 2. The van der Waals surface area contributed by atoms with Gasteiger partial charge in [-0.15, -0.1) is 0 Å². The van der Waals surface area contributed by atoms with Crippen LogP contribution in [0.4, 0.5) is 10.3 Å². The minimum atomic E-state index is -0.253. The van der Waals surface area contributed by atoms with Crippen molar-refractivity contribution in [3.05, 3.63) is 24.0 Å². The molecule has 0 radical (unpaired) electrons. The van der Waals surface area contributed by atoms with Gasteiger partial charge in [-0.3, -0.25) is 0 Å². The molecule has 2 heterocycles. The Balaban J connectivity index is 1.65. The number of anilines is 1. The molecule has 2 N–H and O–H groups in total. The molecule has 0 bridgehead atoms. The van der Waals surface area contributed by atoms with Crippen LogP contribution in [0.15, 0.2) is 18.2 Å². The number of hydrogen-bond donors (Lipinski definition) is 2. The van der Waals surface area contributed by atoms with Gasteiger partial charge in [0.15, 0.2) is 0 Å². The zero-order chi connectivity index (χ0) is 13.0. The van der Waals surface area contributed by atoms with Crippen molar-refractivity contribution < 1.29 is 9.50 Å². The fourth-order valence-corrected chi connectivity index (χ4v) is 3.53. The first-order chi connectivity index (χ1) is 9.20. The highest BCUT2D eigenvalue weighted by Crippen LogP contribution is 2.39. The number of fused-ring (bicyclic) bond motifs is 2. The summed E-state index contributed by atoms with van der Waals surface area (Å²) in [4.78, 5) is 9.86. The van der Waals surface area contributed by atoms with Crippen LogP contribution in [0.25, 0.3) is 11.0 Å². The minimum absolute atomic E-state index is 0.170. The van der Waals surface area contributed by atoms with E-state index in [1.807, 2.05) is 0 Å². The topological polar surface area (TPSA) is 52.1 Å². The molecule has 4 nitrogen and oxygen atoms in total. The molecule has 3 unspecified atom stereocenters. The van der Waals surface area contributed by atoms with Crippen molar-refractivity contribution in [3.8, 4) is 0 Å². The second-order valence-electron chi connectivity index (χ2n) is 5.70. The fourth-order valence-electron chi connectivity index (χ4n) is 3.53. The van der Waals surface area contributed by atoms with Gasteiger partial charge in [0.25, 0.3) is 0 Å². The molecule has 2 fully saturated rings. The maximum absolute atomic E-state index is 13.2. The maximum Gasteiger partial charge on any atom is 0.203 e. The highest BCUT2D eigenvalue weighted by Gasteiger charge is 2.42. The van der Waals surface area contributed by atoms with Crippen molar-refractivity contribution in [3.63, 3.8) is 0 Å². The van der Waals surface area contributed by atoms with Crippen molar-refractivity contribution in [2.24, 2.45) is 11.8 Å². The average molecular weight is 261 g/mol. The molecule has 3 atom stereocenters. The van der Waals surface area contributed by atoms with E-state index in [0.717, 1.165) is 42.9 Å². The lowest BCUT2D eigenvalue weighted by Crippen LogP contribution is -2.25. The normalized spacial score (nSPS) is 30.2. The van der Waals surface area contributed by atoms with Gasteiger partial charge in [0.2, 0.25) is 5.95 Å². The van der Waals surface area contributed by atoms with Crippen LogP contribution in [-0.2, 0) is 0 Å². The summed E-state index contributed by atoms with van der Waals surface area (Å²) in [6.07, 6.45) is 1.85. The van der Waals surface area contributed by atoms with Gasteiger partial charge in [0, 0.05) is 19.0 Å². The van der Waals surface area contributed by atoms with Crippen molar-refractivity contribution >= 4 is 17.0 Å². The molecule has 1 saturated heterocycles. The van der Waals surface area contributed by atoms with E-state index in [0.29, 0.717) is 11.8 Å². The molecule has 0 spiro atoms. The summed E-state index contributed by atoms with van der Waals surface area (Å²) in [5.74, 6) is 1.48. The lowest BCUT2D eigenvalue weighted by Gasteiger charge is -2.16. The number of nitrogens with one attached hydrogen (secondary N) is 1. The summed E-state index contributed by atoms with van der Waals surface area (Å²) in [5.41, 5.74) is 1.52. The lowest BCUT2D eigenvalue weighted by molar-refractivity contribution is 0.133. The second kappa shape index (κ2) is 3.93. The number of aliphatic hydroxyl groups is 1. The van der Waals surface area contributed by atoms with Crippen LogP contribution in [0.1, 0.15) is 12.8 Å². The summed E-state index contributed by atoms with van der Waals surface area (Å²) >= 11 is 0. The summed E-state index contributed by atoms with van der Waals surface area (Å²) < 4.78 is 13.2. The zero-order valence-corrected chi connectivity index (χ0v) is 10.5. The van der Waals surface area contributed by atoms with Gasteiger partial charge in [-0.1, -0.05) is 0 Å². The Labute approximate surface area is 110 Å². The SMILES string of the molecule is OC1CCC2CN(c3nc4ccc(F)cc4[nH]3)CC12. The third-order valence-corrected chi connectivity index (χ3v) is 4.55. The van der Waals surface area contributed by atoms with E-state index in [-0.39, 0.29) is 11.9 Å². The van der Waals surface area contributed by atoms with Gasteiger partial charge in [-0.2, -0.15) is 0 Å². The highest BCUT2D eigenvalue weighted by atomic mass is 19.1. The van der Waals surface area contributed by atoms with Crippen LogP contribution < -0.4 is 4.90 Å². The number of benzene rings is 1. The Morgan fingerprint density at radius 3 is 3.05 bits per heavy atom. The van der Waals surface area contributed by atoms with Gasteiger partial charge < -0.3 is 15.0 Å². The number of rotatable bonds is 1. The zero-order valence-electron chi connectivity index (χ0n) is 10.5. The van der Waals surface area contributed by atoms with Crippen LogP contribution >= 0.6 is 0 Å². The Morgan fingerprint density at radius 1 is 1.32 bits per heavy atom. The Morgan fingerprint density at radius 2 is 2.21 bits per heavy atom. The molecule has 1 aliphatic heterocycles. The largest absolute Gasteiger partial charge is 0.393 e. The summed E-state index contributed by atoms with van der Waals surface area (Å²) in [6.45, 7) is 1.78. The van der Waals surface area contributed by atoms with Crippen molar-refractivity contribution in [1.82, 2.24) is 9.97 Å². The van der Waals surface area contributed by atoms with Gasteiger partial charge in [-0.05, 0) is 37.0 Å². The molecule has 2 aliphatic rings. The van der Waals surface area contributed by atoms with E-state index in [9.17, 15) is 9.50 Å². The van der Waals surface area contributed by atoms with E-state index in [4.69, 9.17) is 0 Å². The predicted octanol–water partition coefficient (Wildman–Crippen LogP) is 1.91. The molecule has 1 saturated carbocycles. The third kappa shape index (κ3) is 1.72. The fraction of sp³-hybridized carbons (Fsp3) is 0.500. The second-order valence-corrected chi connectivity index (χ2v) is 5.70. The first-order valence-electron chi connectivity index (χ1n) is 6.79. The Hall–Kier alpha value is -1.62. The van der Waals surface area contributed by atoms with Crippen LogP contribution in [0, 0.1) is 17.7 Å². The number of aromatic amines is 1. The van der Waals surface area contributed by atoms with Crippen molar-refractivity contribution in [2.45, 2.75) is 18.9 Å². The Bertz CT molecular complexity index is 626. The van der Waals surface area contributed by atoms with E-state index >= 15 is 0 Å². The lowest BCUT2D eigenvalue weighted by atomic mass is 10.00. The number of halogens is 1. The van der Waals surface area contributed by atoms with Gasteiger partial charge in [0.05, 0.1) is 17.1 Å². The first-order valence-corrected chi connectivity index (χ1v) is 6.79. The van der Waals surface area contributed by atoms with Gasteiger partial charge >= 0.3 is 0 Å². The minimum Gasteiger partial charge on any atom is -0.393 e. The molecule has 100 valence electrons. The van der Waals surface area contributed by atoms with E-state index < -0.39 is 0 Å². The summed E-state index contributed by atoms with van der Waals surface area (Å²) in [6, 6.07) is 4.59. The average Bonchev–Trinajstić information content (AvgIpc) is 3.04. The Kier molecular flexibility index (Phi) is 2.33. The summed E-state index contributed by atoms with van der Waals surface area (Å²) in [7, 11) is 0. The molecule has 5 heteroatoms. The van der Waals surface area contributed by atoms with Crippen molar-refractivity contribution in [2.75, 3.05) is 18.0 Å². The quantitative estimate of drug-likeness (QED) is 0.824. The number of imidazole rings is 1. The standard InChI is InChI=1S/C14H16FN3O/c15-9-2-3-11-12(5-9)17-14(16-11)18-6-8-1-4-13(19)10(8)7-18/h2-3,5,8,10,13,19H,1,4,6-7H2,(H,16,17). The molecule has 19 heavy (non-hydrogen) atoms. The molecule has 0 amide bonds. The van der Waals surface area contributed by atoms with Crippen molar-refractivity contribution in [1.29, 1.82) is 0 Å². The predicted molar refractivity (Wildman–Crippen MR) is 70.5 cm³/mol. The van der Waals surface area contributed by atoms with E-state index in [1.165, 1.54) is 12.1 Å². The molecule has 1 aromatic heterocycles. The van der Waals surface area contributed by atoms with Gasteiger partial charge in [0.1, 0.15) is 5.82 Å². The van der Waals surface area contributed by atoms with Crippen LogP contribution in [-0.4, -0.2) is 34.3 Å². The molecule has 2 aromatic rings. The van der Waals surface area contributed by atoms with Crippen LogP contribution in [0.3, 0.4) is 0 Å². The number of hydrogen-bond acceptors (Lipinski definition) is 3. The van der Waals surface area contributed by atoms with Crippen LogP contribution in [0.2, 0.25) is 0 Å². The highest BCUT2D eigenvalue weighted by molar-refractivity contribution is 5.77. The molecule has 1 aliphatic carbocycles. The van der Waals surface area contributed by atoms with E-state index in [1.54, 1.807) is 6.07 Å². The molecular formula is C14H16FN3O. The van der Waals surface area contributed by atoms with Gasteiger partial charge in [-0.25, -0.2) is 9.37 Å². The van der Waals surface area contributed by atoms with E-state index in [2.05, 4.69) is 14.9 Å². The third-order valence-electron chi connectivity index (χ3n) is 4.55. The molecule has 4 rings (SSSR count). The molecular weight excluding hydrogens is 245 g/mol. The number of aliphatic hydroxyl groups excluding tert-OH is 1. The summed E-state index contributed by atoms with van der Waals surface area (Å²) in [5, 5.41) is 9.93. The maximum atomic E-state index is 13.2.